The molecule has 0 amide bonds. The Hall–Kier alpha value is -1.06. The predicted octanol–water partition coefficient (Wildman–Crippen LogP) is 3.16. The maximum absolute atomic E-state index is 11.0. The summed E-state index contributed by atoms with van der Waals surface area (Å²) in [5, 5.41) is 0.645. The fourth-order valence-electron chi connectivity index (χ4n) is 2.30. The maximum Gasteiger partial charge on any atom is 0.152 e. The molecular formula is C14H18ClNO2. The molecule has 1 unspecified atom stereocenters. The lowest BCUT2D eigenvalue weighted by Crippen LogP contribution is -2.33. The molecule has 1 fully saturated rings. The quantitative estimate of drug-likeness (QED) is 0.785. The Morgan fingerprint density at radius 3 is 3.00 bits per heavy atom. The fraction of sp³-hybridized carbons (Fsp3) is 0.500. The number of anilines is 1. The average molecular weight is 268 g/mol. The molecule has 1 atom stereocenters. The molecule has 1 aromatic carbocycles. The van der Waals surface area contributed by atoms with Crippen LogP contribution in [-0.2, 0) is 4.74 Å². The van der Waals surface area contributed by atoms with Crippen molar-refractivity contribution in [3.8, 4) is 0 Å². The number of rotatable bonds is 4. The first-order valence-electron chi connectivity index (χ1n) is 6.28. The number of carbonyl (C=O) groups excluding carboxylic acids is 1. The van der Waals surface area contributed by atoms with Crippen LogP contribution >= 0.6 is 11.6 Å². The Morgan fingerprint density at radius 2 is 2.33 bits per heavy atom. The van der Waals surface area contributed by atoms with Crippen molar-refractivity contribution in [2.45, 2.75) is 25.4 Å². The Balaban J connectivity index is 2.09. The van der Waals surface area contributed by atoms with Gasteiger partial charge in [-0.3, -0.25) is 4.79 Å². The van der Waals surface area contributed by atoms with Crippen molar-refractivity contribution in [3.63, 3.8) is 0 Å². The van der Waals surface area contributed by atoms with Crippen molar-refractivity contribution in [2.75, 3.05) is 25.1 Å². The van der Waals surface area contributed by atoms with Gasteiger partial charge in [-0.05, 0) is 37.5 Å². The number of carbonyl (C=O) groups is 1. The van der Waals surface area contributed by atoms with Crippen LogP contribution in [0.3, 0.4) is 0 Å². The lowest BCUT2D eigenvalue weighted by molar-refractivity contribution is 0.0216. The van der Waals surface area contributed by atoms with Crippen molar-refractivity contribution in [1.82, 2.24) is 0 Å². The Kier molecular flexibility index (Phi) is 4.61. The van der Waals surface area contributed by atoms with Gasteiger partial charge in [0.2, 0.25) is 0 Å². The van der Waals surface area contributed by atoms with E-state index in [-0.39, 0.29) is 6.10 Å². The summed E-state index contributed by atoms with van der Waals surface area (Å²) in [6.45, 7) is 1.63. The number of benzene rings is 1. The van der Waals surface area contributed by atoms with Gasteiger partial charge in [0, 0.05) is 36.5 Å². The number of ether oxygens (including phenoxy) is 1. The minimum absolute atomic E-state index is 0.252. The highest BCUT2D eigenvalue weighted by Gasteiger charge is 2.17. The smallest absolute Gasteiger partial charge is 0.152 e. The standard InChI is InChI=1S/C14H18ClNO2/c1-16(9-13-4-2-3-7-18-13)14-8-12(15)6-5-11(14)10-17/h5-6,8,10,13H,2-4,7,9H2,1H3. The Bertz CT molecular complexity index is 416. The second kappa shape index (κ2) is 6.21. The van der Waals surface area contributed by atoms with E-state index in [1.54, 1.807) is 12.1 Å². The van der Waals surface area contributed by atoms with Gasteiger partial charge in [-0.15, -0.1) is 0 Å². The highest BCUT2D eigenvalue weighted by Crippen LogP contribution is 2.24. The van der Waals surface area contributed by atoms with E-state index < -0.39 is 0 Å². The third-order valence-electron chi connectivity index (χ3n) is 3.28. The molecule has 0 bridgehead atoms. The molecule has 1 aliphatic rings. The Morgan fingerprint density at radius 1 is 1.50 bits per heavy atom. The summed E-state index contributed by atoms with van der Waals surface area (Å²) in [7, 11) is 1.97. The normalized spacial score (nSPS) is 19.6. The summed E-state index contributed by atoms with van der Waals surface area (Å²) in [6.07, 6.45) is 4.57. The fourth-order valence-corrected chi connectivity index (χ4v) is 2.47. The van der Waals surface area contributed by atoms with Gasteiger partial charge in [-0.25, -0.2) is 0 Å². The molecule has 0 radical (unpaired) electrons. The topological polar surface area (TPSA) is 29.5 Å². The molecule has 0 aromatic heterocycles. The SMILES string of the molecule is CN(CC1CCCCO1)c1cc(Cl)ccc1C=O. The molecule has 4 heteroatoms. The Labute approximate surface area is 113 Å². The number of halogens is 1. The van der Waals surface area contributed by atoms with E-state index >= 15 is 0 Å². The molecule has 1 heterocycles. The monoisotopic (exact) mass is 267 g/mol. The molecule has 3 nitrogen and oxygen atoms in total. The first-order valence-corrected chi connectivity index (χ1v) is 6.66. The van der Waals surface area contributed by atoms with Crippen molar-refractivity contribution in [3.05, 3.63) is 28.8 Å². The molecule has 0 aliphatic carbocycles. The van der Waals surface area contributed by atoms with E-state index in [0.29, 0.717) is 10.6 Å². The zero-order valence-electron chi connectivity index (χ0n) is 10.6. The molecule has 1 aliphatic heterocycles. The van der Waals surface area contributed by atoms with Crippen LogP contribution in [0.1, 0.15) is 29.6 Å². The largest absolute Gasteiger partial charge is 0.376 e. The van der Waals surface area contributed by atoms with Crippen LogP contribution in [0.5, 0.6) is 0 Å². The molecular weight excluding hydrogens is 250 g/mol. The second-order valence-electron chi connectivity index (χ2n) is 4.69. The van der Waals surface area contributed by atoms with Gasteiger partial charge in [0.1, 0.15) is 0 Å². The summed E-state index contributed by atoms with van der Waals surface area (Å²) in [5.74, 6) is 0. The van der Waals surface area contributed by atoms with E-state index in [2.05, 4.69) is 0 Å². The number of hydrogen-bond donors (Lipinski definition) is 0. The second-order valence-corrected chi connectivity index (χ2v) is 5.13. The summed E-state index contributed by atoms with van der Waals surface area (Å²) >= 11 is 5.99. The summed E-state index contributed by atoms with van der Waals surface area (Å²) < 4.78 is 5.71. The summed E-state index contributed by atoms with van der Waals surface area (Å²) in [6, 6.07) is 5.32. The number of aldehydes is 1. The van der Waals surface area contributed by atoms with Crippen LogP contribution in [0.4, 0.5) is 5.69 Å². The molecule has 0 spiro atoms. The third-order valence-corrected chi connectivity index (χ3v) is 3.52. The van der Waals surface area contributed by atoms with E-state index in [4.69, 9.17) is 16.3 Å². The van der Waals surface area contributed by atoms with E-state index in [1.165, 1.54) is 6.42 Å². The van der Waals surface area contributed by atoms with Gasteiger partial charge in [-0.1, -0.05) is 11.6 Å². The van der Waals surface area contributed by atoms with Crippen LogP contribution in [0.2, 0.25) is 5.02 Å². The minimum atomic E-state index is 0.252. The van der Waals surface area contributed by atoms with E-state index in [1.807, 2.05) is 18.0 Å². The van der Waals surface area contributed by atoms with Crippen LogP contribution in [-0.4, -0.2) is 32.6 Å². The van der Waals surface area contributed by atoms with E-state index in [9.17, 15) is 4.79 Å². The first kappa shape index (κ1) is 13.4. The number of likely N-dealkylation sites (N-methyl/N-ethyl adjacent to an activating group) is 1. The number of hydrogen-bond acceptors (Lipinski definition) is 3. The lowest BCUT2D eigenvalue weighted by Gasteiger charge is -2.29. The molecule has 1 aromatic rings. The van der Waals surface area contributed by atoms with Gasteiger partial charge in [0.25, 0.3) is 0 Å². The van der Waals surface area contributed by atoms with Crippen molar-refractivity contribution >= 4 is 23.6 Å². The lowest BCUT2D eigenvalue weighted by atomic mass is 10.1. The van der Waals surface area contributed by atoms with Crippen LogP contribution in [0, 0.1) is 0 Å². The highest BCUT2D eigenvalue weighted by molar-refractivity contribution is 6.31. The average Bonchev–Trinajstić information content (AvgIpc) is 2.40. The van der Waals surface area contributed by atoms with Crippen molar-refractivity contribution < 1.29 is 9.53 Å². The zero-order chi connectivity index (χ0) is 13.0. The first-order chi connectivity index (χ1) is 8.70. The number of nitrogens with zero attached hydrogens (tertiary/aromatic N) is 1. The predicted molar refractivity (Wildman–Crippen MR) is 73.7 cm³/mol. The molecule has 0 N–H and O–H groups in total. The summed E-state index contributed by atoms with van der Waals surface area (Å²) in [4.78, 5) is 13.1. The summed E-state index contributed by atoms with van der Waals surface area (Å²) in [5.41, 5.74) is 1.53. The molecule has 0 saturated carbocycles. The molecule has 18 heavy (non-hydrogen) atoms. The highest BCUT2D eigenvalue weighted by atomic mass is 35.5. The molecule has 2 rings (SSSR count). The van der Waals surface area contributed by atoms with Crippen molar-refractivity contribution in [1.29, 1.82) is 0 Å². The van der Waals surface area contributed by atoms with Gasteiger partial charge in [-0.2, -0.15) is 0 Å². The van der Waals surface area contributed by atoms with Crippen molar-refractivity contribution in [2.24, 2.45) is 0 Å². The van der Waals surface area contributed by atoms with Crippen LogP contribution in [0.15, 0.2) is 18.2 Å². The molecule has 1 saturated heterocycles. The molecule has 98 valence electrons. The van der Waals surface area contributed by atoms with E-state index in [0.717, 1.165) is 38.0 Å². The van der Waals surface area contributed by atoms with Crippen LogP contribution in [0.25, 0.3) is 0 Å². The minimum Gasteiger partial charge on any atom is -0.376 e. The third kappa shape index (κ3) is 3.24. The van der Waals surface area contributed by atoms with Gasteiger partial charge in [0.15, 0.2) is 6.29 Å². The zero-order valence-corrected chi connectivity index (χ0v) is 11.3. The van der Waals surface area contributed by atoms with Gasteiger partial charge in [0.05, 0.1) is 6.10 Å². The maximum atomic E-state index is 11.0. The van der Waals surface area contributed by atoms with Crippen LogP contribution < -0.4 is 4.90 Å². The van der Waals surface area contributed by atoms with Gasteiger partial charge < -0.3 is 9.64 Å². The van der Waals surface area contributed by atoms with Gasteiger partial charge >= 0.3 is 0 Å².